The van der Waals surface area contributed by atoms with Crippen LogP contribution in [0.25, 0.3) is 0 Å². The molecule has 1 nitrogen and oxygen atoms in total. The van der Waals surface area contributed by atoms with Gasteiger partial charge in [0.1, 0.15) is 0 Å². The third-order valence-corrected chi connectivity index (χ3v) is 4.28. The minimum atomic E-state index is 0.578. The molecule has 1 saturated carbocycles. The molecule has 1 N–H and O–H groups in total. The van der Waals surface area contributed by atoms with Crippen molar-refractivity contribution in [1.29, 1.82) is 0 Å². The van der Waals surface area contributed by atoms with E-state index in [1.54, 1.807) is 0 Å². The topological polar surface area (TPSA) is 12.0 Å². The fraction of sp³-hybridized carbons (Fsp3) is 0.500. The predicted molar refractivity (Wildman–Crippen MR) is 63.6 cm³/mol. The largest absolute Gasteiger partial charge is 0.311 e. The van der Waals surface area contributed by atoms with Crippen molar-refractivity contribution in [3.05, 3.63) is 35.9 Å². The van der Waals surface area contributed by atoms with Crippen molar-refractivity contribution >= 4 is 11.8 Å². The van der Waals surface area contributed by atoms with Crippen LogP contribution in [0.1, 0.15) is 18.4 Å². The van der Waals surface area contributed by atoms with E-state index in [0.29, 0.717) is 4.75 Å². The molecular formula is C12H17NS. The van der Waals surface area contributed by atoms with Crippen LogP contribution >= 0.6 is 11.8 Å². The molecule has 0 aromatic heterocycles. The fourth-order valence-corrected chi connectivity index (χ4v) is 2.38. The molecule has 0 radical (unpaired) electrons. The number of hydrogen-bond acceptors (Lipinski definition) is 2. The van der Waals surface area contributed by atoms with Gasteiger partial charge in [0.05, 0.1) is 0 Å². The third-order valence-electron chi connectivity index (χ3n) is 2.86. The summed E-state index contributed by atoms with van der Waals surface area (Å²) in [5.74, 6) is 0. The van der Waals surface area contributed by atoms with Gasteiger partial charge in [0.25, 0.3) is 0 Å². The van der Waals surface area contributed by atoms with Crippen LogP contribution in [-0.2, 0) is 6.54 Å². The lowest BCUT2D eigenvalue weighted by Gasteiger charge is -2.12. The summed E-state index contributed by atoms with van der Waals surface area (Å²) in [7, 11) is 0. The second-order valence-corrected chi connectivity index (χ2v) is 5.25. The maximum Gasteiger partial charge on any atom is 0.0282 e. The van der Waals surface area contributed by atoms with Crippen LogP contribution in [0.5, 0.6) is 0 Å². The van der Waals surface area contributed by atoms with E-state index >= 15 is 0 Å². The minimum Gasteiger partial charge on any atom is -0.311 e. The average molecular weight is 207 g/mol. The van der Waals surface area contributed by atoms with Gasteiger partial charge in [-0.25, -0.2) is 0 Å². The molecule has 1 aromatic rings. The SMILES string of the molecule is CSC1(CNCc2ccccc2)CC1. The molecule has 0 heterocycles. The lowest BCUT2D eigenvalue weighted by molar-refractivity contribution is 0.663. The van der Waals surface area contributed by atoms with Crippen LogP contribution in [0.2, 0.25) is 0 Å². The van der Waals surface area contributed by atoms with Crippen LogP contribution in [0, 0.1) is 0 Å². The Bertz CT molecular complexity index is 280. The Hall–Kier alpha value is -0.470. The van der Waals surface area contributed by atoms with E-state index < -0.39 is 0 Å². The monoisotopic (exact) mass is 207 g/mol. The molecular weight excluding hydrogens is 190 g/mol. The molecule has 2 heteroatoms. The molecule has 1 fully saturated rings. The maximum atomic E-state index is 3.53. The highest BCUT2D eigenvalue weighted by molar-refractivity contribution is 8.00. The Kier molecular flexibility index (Phi) is 3.14. The smallest absolute Gasteiger partial charge is 0.0282 e. The third kappa shape index (κ3) is 2.52. The van der Waals surface area contributed by atoms with E-state index in [0.717, 1.165) is 13.1 Å². The van der Waals surface area contributed by atoms with Crippen LogP contribution in [0.3, 0.4) is 0 Å². The number of rotatable bonds is 5. The van der Waals surface area contributed by atoms with E-state index in [1.807, 2.05) is 11.8 Å². The molecule has 76 valence electrons. The van der Waals surface area contributed by atoms with Gasteiger partial charge in [-0.3, -0.25) is 0 Å². The number of hydrogen-bond donors (Lipinski definition) is 1. The van der Waals surface area contributed by atoms with Gasteiger partial charge in [-0.15, -0.1) is 0 Å². The molecule has 1 aliphatic rings. The van der Waals surface area contributed by atoms with Gasteiger partial charge in [-0.1, -0.05) is 30.3 Å². The number of thioether (sulfide) groups is 1. The highest BCUT2D eigenvalue weighted by Gasteiger charge is 2.41. The van der Waals surface area contributed by atoms with Gasteiger partial charge in [-0.05, 0) is 24.7 Å². The van der Waals surface area contributed by atoms with Crippen molar-refractivity contribution in [3.63, 3.8) is 0 Å². The Balaban J connectivity index is 1.73. The summed E-state index contributed by atoms with van der Waals surface area (Å²) >= 11 is 2.01. The van der Waals surface area contributed by atoms with E-state index in [4.69, 9.17) is 0 Å². The molecule has 2 rings (SSSR count). The average Bonchev–Trinajstić information content (AvgIpc) is 3.00. The summed E-state index contributed by atoms with van der Waals surface area (Å²) in [6, 6.07) is 10.6. The molecule has 0 atom stereocenters. The zero-order valence-corrected chi connectivity index (χ0v) is 9.44. The van der Waals surface area contributed by atoms with Crippen molar-refractivity contribution in [2.75, 3.05) is 12.8 Å². The van der Waals surface area contributed by atoms with Crippen molar-refractivity contribution in [2.24, 2.45) is 0 Å². The first kappa shape index (κ1) is 10.1. The lowest BCUT2D eigenvalue weighted by Crippen LogP contribution is -2.25. The number of benzene rings is 1. The molecule has 0 saturated heterocycles. The maximum absolute atomic E-state index is 3.53. The summed E-state index contributed by atoms with van der Waals surface area (Å²) in [6.07, 6.45) is 4.99. The quantitative estimate of drug-likeness (QED) is 0.796. The summed E-state index contributed by atoms with van der Waals surface area (Å²) in [5, 5.41) is 3.53. The first-order valence-electron chi connectivity index (χ1n) is 5.14. The Labute approximate surface area is 90.3 Å². The normalized spacial score (nSPS) is 18.1. The lowest BCUT2D eigenvalue weighted by atomic mass is 10.2. The summed E-state index contributed by atoms with van der Waals surface area (Å²) in [5.41, 5.74) is 1.38. The van der Waals surface area contributed by atoms with Gasteiger partial charge < -0.3 is 5.32 Å². The van der Waals surface area contributed by atoms with Crippen molar-refractivity contribution in [3.8, 4) is 0 Å². The van der Waals surface area contributed by atoms with Crippen molar-refractivity contribution in [1.82, 2.24) is 5.32 Å². The highest BCUT2D eigenvalue weighted by Crippen LogP contribution is 2.46. The fourth-order valence-electron chi connectivity index (χ4n) is 1.62. The standard InChI is InChI=1S/C12H17NS/c1-14-12(7-8-12)10-13-9-11-5-3-2-4-6-11/h2-6,13H,7-10H2,1H3. The molecule has 0 spiro atoms. The summed E-state index contributed by atoms with van der Waals surface area (Å²) < 4.78 is 0.578. The Morgan fingerprint density at radius 2 is 2.00 bits per heavy atom. The second-order valence-electron chi connectivity index (χ2n) is 3.98. The Morgan fingerprint density at radius 1 is 1.29 bits per heavy atom. The zero-order valence-electron chi connectivity index (χ0n) is 8.62. The highest BCUT2D eigenvalue weighted by atomic mass is 32.2. The predicted octanol–water partition coefficient (Wildman–Crippen LogP) is 2.67. The summed E-state index contributed by atoms with van der Waals surface area (Å²) in [4.78, 5) is 0. The molecule has 0 bridgehead atoms. The van der Waals surface area contributed by atoms with E-state index in [-0.39, 0.29) is 0 Å². The van der Waals surface area contributed by atoms with Crippen LogP contribution in [0.15, 0.2) is 30.3 Å². The molecule has 1 aromatic carbocycles. The Morgan fingerprint density at radius 3 is 2.57 bits per heavy atom. The van der Waals surface area contributed by atoms with Gasteiger partial charge in [0.2, 0.25) is 0 Å². The zero-order chi connectivity index (χ0) is 9.86. The van der Waals surface area contributed by atoms with Crippen molar-refractivity contribution < 1.29 is 0 Å². The van der Waals surface area contributed by atoms with Crippen LogP contribution in [-0.4, -0.2) is 17.5 Å². The first-order valence-corrected chi connectivity index (χ1v) is 6.37. The molecule has 14 heavy (non-hydrogen) atoms. The second kappa shape index (κ2) is 4.37. The minimum absolute atomic E-state index is 0.578. The van der Waals surface area contributed by atoms with Crippen molar-refractivity contribution in [2.45, 2.75) is 24.1 Å². The molecule has 1 aliphatic carbocycles. The first-order chi connectivity index (χ1) is 6.85. The van der Waals surface area contributed by atoms with Gasteiger partial charge in [-0.2, -0.15) is 11.8 Å². The molecule has 0 amide bonds. The van der Waals surface area contributed by atoms with Gasteiger partial charge >= 0.3 is 0 Å². The van der Waals surface area contributed by atoms with Crippen LogP contribution in [0.4, 0.5) is 0 Å². The van der Waals surface area contributed by atoms with Gasteiger partial charge in [0.15, 0.2) is 0 Å². The van der Waals surface area contributed by atoms with E-state index in [2.05, 4.69) is 41.9 Å². The summed E-state index contributed by atoms with van der Waals surface area (Å²) in [6.45, 7) is 2.16. The van der Waals surface area contributed by atoms with Gasteiger partial charge in [0, 0.05) is 17.8 Å². The van der Waals surface area contributed by atoms with Crippen LogP contribution < -0.4 is 5.32 Å². The van der Waals surface area contributed by atoms with E-state index in [1.165, 1.54) is 18.4 Å². The number of nitrogens with one attached hydrogen (secondary N) is 1. The van der Waals surface area contributed by atoms with E-state index in [9.17, 15) is 0 Å². The molecule has 0 aliphatic heterocycles. The molecule has 0 unspecified atom stereocenters.